The lowest BCUT2D eigenvalue weighted by atomic mass is 10.1. The van der Waals surface area contributed by atoms with Gasteiger partial charge in [-0.15, -0.1) is 0 Å². The van der Waals surface area contributed by atoms with Crippen LogP contribution in [0.15, 0.2) is 15.6 Å². The van der Waals surface area contributed by atoms with Crippen LogP contribution in [0.1, 0.15) is 45.1 Å². The van der Waals surface area contributed by atoms with E-state index in [-0.39, 0.29) is 0 Å². The van der Waals surface area contributed by atoms with Gasteiger partial charge in [-0.25, -0.2) is 4.99 Å². The van der Waals surface area contributed by atoms with Crippen molar-refractivity contribution < 1.29 is 4.52 Å². The molecule has 0 unspecified atom stereocenters. The zero-order valence-corrected chi connectivity index (χ0v) is 13.9. The highest BCUT2D eigenvalue weighted by atomic mass is 16.5. The van der Waals surface area contributed by atoms with E-state index in [2.05, 4.69) is 60.4 Å². The van der Waals surface area contributed by atoms with Crippen LogP contribution >= 0.6 is 0 Å². The minimum Gasteiger partial charge on any atom is -0.359 e. The predicted molar refractivity (Wildman–Crippen MR) is 86.6 cm³/mol. The summed E-state index contributed by atoms with van der Waals surface area (Å²) in [6.07, 6.45) is 0. The topological polar surface area (TPSA) is 65.7 Å². The molecule has 1 rings (SSSR count). The minimum absolute atomic E-state index is 0.377. The van der Waals surface area contributed by atoms with E-state index in [1.165, 1.54) is 0 Å². The molecule has 0 aliphatic rings. The molecule has 21 heavy (non-hydrogen) atoms. The Balaban J connectivity index is 2.49. The second-order valence-corrected chi connectivity index (χ2v) is 5.39. The number of hydrogen-bond acceptors (Lipinski definition) is 4. The molecule has 1 aromatic rings. The van der Waals surface area contributed by atoms with Crippen LogP contribution < -0.4 is 10.6 Å². The minimum atomic E-state index is 0.377. The third-order valence-corrected chi connectivity index (χ3v) is 3.23. The molecular formula is C15H29N5O. The first kappa shape index (κ1) is 17.5. The van der Waals surface area contributed by atoms with E-state index in [1.807, 2.05) is 6.07 Å². The van der Waals surface area contributed by atoms with Crippen molar-refractivity contribution in [3.8, 4) is 0 Å². The molecule has 6 nitrogen and oxygen atoms in total. The van der Waals surface area contributed by atoms with E-state index < -0.39 is 0 Å². The molecule has 0 aliphatic carbocycles. The molecule has 0 spiro atoms. The fourth-order valence-electron chi connectivity index (χ4n) is 1.70. The molecule has 0 radical (unpaired) electrons. The molecule has 0 aromatic carbocycles. The lowest BCUT2D eigenvalue weighted by Crippen LogP contribution is -2.40. The van der Waals surface area contributed by atoms with Crippen molar-refractivity contribution in [2.24, 2.45) is 4.99 Å². The Morgan fingerprint density at radius 3 is 2.71 bits per heavy atom. The number of hydrogen-bond donors (Lipinski definition) is 2. The summed E-state index contributed by atoms with van der Waals surface area (Å²) in [5, 5.41) is 10.6. The summed E-state index contributed by atoms with van der Waals surface area (Å²) in [4.78, 5) is 6.77. The summed E-state index contributed by atoms with van der Waals surface area (Å²) in [7, 11) is 2.10. The van der Waals surface area contributed by atoms with Crippen molar-refractivity contribution in [2.45, 2.75) is 40.2 Å². The van der Waals surface area contributed by atoms with Crippen molar-refractivity contribution in [1.82, 2.24) is 20.7 Å². The number of nitrogens with one attached hydrogen (secondary N) is 2. The van der Waals surface area contributed by atoms with Gasteiger partial charge >= 0.3 is 0 Å². The summed E-state index contributed by atoms with van der Waals surface area (Å²) in [5.74, 6) is 1.98. The molecule has 0 aliphatic heterocycles. The van der Waals surface area contributed by atoms with Crippen LogP contribution in [0.25, 0.3) is 0 Å². The Hall–Kier alpha value is -1.56. The molecule has 120 valence electrons. The summed E-state index contributed by atoms with van der Waals surface area (Å²) in [6, 6.07) is 1.97. The maximum Gasteiger partial charge on any atom is 0.191 e. The largest absolute Gasteiger partial charge is 0.359 e. The maximum absolute atomic E-state index is 5.29. The van der Waals surface area contributed by atoms with E-state index in [0.29, 0.717) is 12.5 Å². The standard InChI is InChI=1S/C15H29N5O/c1-6-16-15(17-8-9-20(5)7-2)18-11-13-10-14(12(3)4)19-21-13/h10,12H,6-9,11H2,1-5H3,(H2,16,17,18). The van der Waals surface area contributed by atoms with E-state index in [9.17, 15) is 0 Å². The zero-order valence-electron chi connectivity index (χ0n) is 13.9. The van der Waals surface area contributed by atoms with Gasteiger partial charge in [-0.05, 0) is 26.4 Å². The third-order valence-electron chi connectivity index (χ3n) is 3.23. The molecule has 2 N–H and O–H groups in total. The first-order valence-corrected chi connectivity index (χ1v) is 7.73. The van der Waals surface area contributed by atoms with Gasteiger partial charge < -0.3 is 20.1 Å². The first-order chi connectivity index (χ1) is 10.1. The number of guanidine groups is 1. The molecule has 0 bridgehead atoms. The summed E-state index contributed by atoms with van der Waals surface area (Å²) >= 11 is 0. The molecule has 0 amide bonds. The van der Waals surface area contributed by atoms with Crippen LogP contribution in [0.2, 0.25) is 0 Å². The summed E-state index contributed by atoms with van der Waals surface area (Å²) in [6.45, 7) is 12.6. The zero-order chi connectivity index (χ0) is 15.7. The molecular weight excluding hydrogens is 266 g/mol. The number of aromatic nitrogens is 1. The third kappa shape index (κ3) is 6.62. The van der Waals surface area contributed by atoms with Crippen LogP contribution in [-0.4, -0.2) is 49.2 Å². The highest BCUT2D eigenvalue weighted by Crippen LogP contribution is 2.14. The van der Waals surface area contributed by atoms with Crippen molar-refractivity contribution in [1.29, 1.82) is 0 Å². The van der Waals surface area contributed by atoms with Crippen LogP contribution in [0.3, 0.4) is 0 Å². The van der Waals surface area contributed by atoms with Gasteiger partial charge in [-0.2, -0.15) is 0 Å². The fourth-order valence-corrected chi connectivity index (χ4v) is 1.70. The second-order valence-electron chi connectivity index (χ2n) is 5.39. The van der Waals surface area contributed by atoms with Crippen molar-refractivity contribution in [3.05, 3.63) is 17.5 Å². The SMILES string of the molecule is CCNC(=NCc1cc(C(C)C)no1)NCCN(C)CC. The molecule has 1 heterocycles. The highest BCUT2D eigenvalue weighted by molar-refractivity contribution is 5.79. The van der Waals surface area contributed by atoms with Gasteiger partial charge in [0.05, 0.1) is 5.69 Å². The molecule has 0 fully saturated rings. The Morgan fingerprint density at radius 1 is 1.38 bits per heavy atom. The monoisotopic (exact) mass is 295 g/mol. The van der Waals surface area contributed by atoms with E-state index in [0.717, 1.165) is 43.6 Å². The molecule has 0 atom stereocenters. The lowest BCUT2D eigenvalue weighted by molar-refractivity contribution is 0.357. The van der Waals surface area contributed by atoms with Crippen molar-refractivity contribution >= 4 is 5.96 Å². The van der Waals surface area contributed by atoms with Crippen LogP contribution in [0, 0.1) is 0 Å². The van der Waals surface area contributed by atoms with Crippen LogP contribution in [0.5, 0.6) is 0 Å². The normalized spacial score (nSPS) is 12.2. The van der Waals surface area contributed by atoms with E-state index in [1.54, 1.807) is 0 Å². The van der Waals surface area contributed by atoms with Crippen LogP contribution in [0.4, 0.5) is 0 Å². The predicted octanol–water partition coefficient (Wildman–Crippen LogP) is 1.80. The average Bonchev–Trinajstić information content (AvgIpc) is 2.93. The number of likely N-dealkylation sites (N-methyl/N-ethyl adjacent to an activating group) is 1. The highest BCUT2D eigenvalue weighted by Gasteiger charge is 2.07. The van der Waals surface area contributed by atoms with Gasteiger partial charge in [0.25, 0.3) is 0 Å². The lowest BCUT2D eigenvalue weighted by Gasteiger charge is -2.16. The molecule has 0 saturated heterocycles. The van der Waals surface area contributed by atoms with Gasteiger partial charge in [-0.3, -0.25) is 0 Å². The summed E-state index contributed by atoms with van der Waals surface area (Å²) in [5.41, 5.74) is 0.975. The van der Waals surface area contributed by atoms with Crippen LogP contribution in [-0.2, 0) is 6.54 Å². The maximum atomic E-state index is 5.29. The van der Waals surface area contributed by atoms with Gasteiger partial charge in [0, 0.05) is 25.7 Å². The molecule has 1 aromatic heterocycles. The van der Waals surface area contributed by atoms with Gasteiger partial charge in [0.2, 0.25) is 0 Å². The van der Waals surface area contributed by atoms with E-state index in [4.69, 9.17) is 4.52 Å². The Labute approximate surface area is 128 Å². The molecule has 0 saturated carbocycles. The Kier molecular flexibility index (Phi) is 7.82. The number of rotatable bonds is 8. The van der Waals surface area contributed by atoms with Crippen molar-refractivity contribution in [2.75, 3.05) is 33.2 Å². The van der Waals surface area contributed by atoms with Gasteiger partial charge in [0.1, 0.15) is 6.54 Å². The quantitative estimate of drug-likeness (QED) is 0.565. The van der Waals surface area contributed by atoms with Crippen molar-refractivity contribution in [3.63, 3.8) is 0 Å². The fraction of sp³-hybridized carbons (Fsp3) is 0.733. The average molecular weight is 295 g/mol. The second kappa shape index (κ2) is 9.39. The molecule has 6 heteroatoms. The van der Waals surface area contributed by atoms with Gasteiger partial charge in [0.15, 0.2) is 11.7 Å². The summed E-state index contributed by atoms with van der Waals surface area (Å²) < 4.78 is 5.29. The van der Waals surface area contributed by atoms with E-state index >= 15 is 0 Å². The first-order valence-electron chi connectivity index (χ1n) is 7.73. The van der Waals surface area contributed by atoms with Gasteiger partial charge in [-0.1, -0.05) is 25.9 Å². The number of nitrogens with zero attached hydrogens (tertiary/aromatic N) is 3. The Bertz CT molecular complexity index is 427. The smallest absolute Gasteiger partial charge is 0.191 e. The number of aliphatic imine (C=N–C) groups is 1. The Morgan fingerprint density at radius 2 is 2.14 bits per heavy atom.